The Balaban J connectivity index is 1.70. The molecule has 0 bridgehead atoms. The Kier molecular flexibility index (Phi) is 3.38. The fourth-order valence-electron chi connectivity index (χ4n) is 3.05. The van der Waals surface area contributed by atoms with Crippen LogP contribution in [0.4, 0.5) is 0 Å². The summed E-state index contributed by atoms with van der Waals surface area (Å²) in [5.74, 6) is 0. The van der Waals surface area contributed by atoms with Gasteiger partial charge in [-0.1, -0.05) is 5.21 Å². The summed E-state index contributed by atoms with van der Waals surface area (Å²) >= 11 is 0. The van der Waals surface area contributed by atoms with Crippen LogP contribution >= 0.6 is 0 Å². The van der Waals surface area contributed by atoms with E-state index in [9.17, 15) is 0 Å². The lowest BCUT2D eigenvalue weighted by Gasteiger charge is -2.21. The second-order valence-corrected chi connectivity index (χ2v) is 5.36. The summed E-state index contributed by atoms with van der Waals surface area (Å²) in [4.78, 5) is 0. The Bertz CT molecular complexity index is 540. The molecule has 19 heavy (non-hydrogen) atoms. The van der Waals surface area contributed by atoms with Crippen molar-refractivity contribution in [3.05, 3.63) is 35.4 Å². The van der Waals surface area contributed by atoms with Gasteiger partial charge in [-0.15, -0.1) is 5.10 Å². The van der Waals surface area contributed by atoms with Crippen molar-refractivity contribution in [2.24, 2.45) is 5.73 Å². The third-order valence-electron chi connectivity index (χ3n) is 4.02. The van der Waals surface area contributed by atoms with Gasteiger partial charge in [-0.2, -0.15) is 0 Å². The Labute approximate surface area is 113 Å². The number of hydrogen-bond donors (Lipinski definition) is 1. The first kappa shape index (κ1) is 12.4. The molecule has 1 atom stereocenters. The molecule has 1 aliphatic carbocycles. The predicted octanol–water partition coefficient (Wildman–Crippen LogP) is 1.81. The van der Waals surface area contributed by atoms with Crippen molar-refractivity contribution in [1.29, 1.82) is 0 Å². The van der Waals surface area contributed by atoms with Crippen LogP contribution in [0.3, 0.4) is 0 Å². The number of fused-ring (bicyclic) bond motifs is 1. The average Bonchev–Trinajstić information content (AvgIpc) is 3.00. The quantitative estimate of drug-likeness (QED) is 0.911. The summed E-state index contributed by atoms with van der Waals surface area (Å²) in [5, 5.41) is 7.82. The predicted molar refractivity (Wildman–Crippen MR) is 73.7 cm³/mol. The molecule has 0 aliphatic heterocycles. The fraction of sp³-hybridized carbons (Fsp3) is 0.571. The van der Waals surface area contributed by atoms with Gasteiger partial charge in [0.15, 0.2) is 0 Å². The molecule has 5 heteroatoms. The zero-order chi connectivity index (χ0) is 13.2. The lowest BCUT2D eigenvalue weighted by Crippen LogP contribution is -2.18. The van der Waals surface area contributed by atoms with Crippen LogP contribution in [0.15, 0.2) is 18.5 Å². The zero-order valence-electron chi connectivity index (χ0n) is 11.4. The maximum Gasteiger partial charge on any atom is 0.0692 e. The Morgan fingerprint density at radius 2 is 2.32 bits per heavy atom. The minimum absolute atomic E-state index is 0.235. The zero-order valence-corrected chi connectivity index (χ0v) is 11.4. The van der Waals surface area contributed by atoms with Crippen molar-refractivity contribution in [2.45, 2.75) is 51.7 Å². The van der Waals surface area contributed by atoms with Gasteiger partial charge in [0.1, 0.15) is 0 Å². The number of hydrogen-bond acceptors (Lipinski definition) is 3. The highest BCUT2D eigenvalue weighted by molar-refractivity contribution is 5.32. The topological polar surface area (TPSA) is 61.7 Å². The van der Waals surface area contributed by atoms with Gasteiger partial charge in [-0.05, 0) is 44.2 Å². The molecule has 1 unspecified atom stereocenters. The van der Waals surface area contributed by atoms with E-state index in [2.05, 4.69) is 27.9 Å². The van der Waals surface area contributed by atoms with Gasteiger partial charge in [0, 0.05) is 36.7 Å². The van der Waals surface area contributed by atoms with Crippen LogP contribution in [0.1, 0.15) is 42.3 Å². The highest BCUT2D eigenvalue weighted by Crippen LogP contribution is 2.30. The largest absolute Gasteiger partial charge is 0.348 e. The van der Waals surface area contributed by atoms with Crippen LogP contribution < -0.4 is 5.73 Å². The fourth-order valence-corrected chi connectivity index (χ4v) is 3.05. The van der Waals surface area contributed by atoms with E-state index in [1.165, 1.54) is 29.8 Å². The van der Waals surface area contributed by atoms with Gasteiger partial charge in [-0.25, -0.2) is 0 Å². The highest BCUT2D eigenvalue weighted by Gasteiger charge is 2.21. The minimum atomic E-state index is 0.235. The molecule has 0 amide bonds. The van der Waals surface area contributed by atoms with Crippen molar-refractivity contribution in [2.75, 3.05) is 0 Å². The van der Waals surface area contributed by atoms with Crippen molar-refractivity contribution >= 4 is 0 Å². The number of nitrogens with two attached hydrogens (primary N) is 1. The van der Waals surface area contributed by atoms with Crippen molar-refractivity contribution < 1.29 is 0 Å². The summed E-state index contributed by atoms with van der Waals surface area (Å²) in [7, 11) is 0. The molecule has 5 nitrogen and oxygen atoms in total. The summed E-state index contributed by atoms with van der Waals surface area (Å²) in [5.41, 5.74) is 10.4. The maximum atomic E-state index is 6.20. The van der Waals surface area contributed by atoms with Gasteiger partial charge in [0.2, 0.25) is 0 Å². The number of nitrogens with zero attached hydrogens (tertiary/aromatic N) is 4. The van der Waals surface area contributed by atoms with E-state index in [1.807, 2.05) is 10.9 Å². The average molecular weight is 259 g/mol. The van der Waals surface area contributed by atoms with Crippen LogP contribution in [0.2, 0.25) is 0 Å². The molecule has 0 fully saturated rings. The second kappa shape index (κ2) is 5.17. The minimum Gasteiger partial charge on any atom is -0.348 e. The molecule has 2 heterocycles. The van der Waals surface area contributed by atoms with Crippen molar-refractivity contribution in [3.63, 3.8) is 0 Å². The number of rotatable bonds is 4. The van der Waals surface area contributed by atoms with E-state index in [0.717, 1.165) is 25.9 Å². The molecule has 1 aliphatic rings. The maximum absolute atomic E-state index is 6.20. The van der Waals surface area contributed by atoms with Gasteiger partial charge in [0.25, 0.3) is 0 Å². The normalized spacial score (nSPS) is 18.5. The smallest absolute Gasteiger partial charge is 0.0692 e. The summed E-state index contributed by atoms with van der Waals surface area (Å²) in [6, 6.07) is 2.51. The van der Waals surface area contributed by atoms with Crippen molar-refractivity contribution in [1.82, 2.24) is 19.6 Å². The van der Waals surface area contributed by atoms with Gasteiger partial charge in [-0.3, -0.25) is 4.68 Å². The monoisotopic (exact) mass is 259 g/mol. The molecule has 0 saturated carbocycles. The summed E-state index contributed by atoms with van der Waals surface area (Å²) in [6.07, 6.45) is 8.20. The lowest BCUT2D eigenvalue weighted by atomic mass is 9.93. The van der Waals surface area contributed by atoms with E-state index in [0.29, 0.717) is 0 Å². The van der Waals surface area contributed by atoms with E-state index in [-0.39, 0.29) is 6.04 Å². The second-order valence-electron chi connectivity index (χ2n) is 5.36. The molecule has 3 rings (SSSR count). The lowest BCUT2D eigenvalue weighted by molar-refractivity contribution is 0.488. The van der Waals surface area contributed by atoms with Crippen LogP contribution in [0.5, 0.6) is 0 Å². The van der Waals surface area contributed by atoms with Gasteiger partial charge < -0.3 is 10.3 Å². The molecule has 2 aromatic rings. The Hall–Kier alpha value is -1.62. The molecular formula is C14H21N5. The third kappa shape index (κ3) is 2.42. The van der Waals surface area contributed by atoms with Crippen LogP contribution in [-0.2, 0) is 19.5 Å². The number of aromatic nitrogens is 4. The molecule has 2 N–H and O–H groups in total. The summed E-state index contributed by atoms with van der Waals surface area (Å²) in [6.45, 7) is 4.13. The SMILES string of the molecule is Cc1cc2c(n1CCCn1ccnn1)CCCC2N. The Morgan fingerprint density at radius 3 is 3.11 bits per heavy atom. The molecule has 0 aromatic carbocycles. The standard InChI is InChI=1S/C14H21N5/c1-11-10-12-13(15)4-2-5-14(12)19(11)8-3-7-18-9-6-16-17-18/h6,9-10,13H,2-5,7-8,15H2,1H3. The van der Waals surface area contributed by atoms with Crippen molar-refractivity contribution in [3.8, 4) is 0 Å². The molecule has 2 aromatic heterocycles. The van der Waals surface area contributed by atoms with E-state index in [4.69, 9.17) is 5.73 Å². The first-order valence-electron chi connectivity index (χ1n) is 7.04. The Morgan fingerprint density at radius 1 is 1.42 bits per heavy atom. The van der Waals surface area contributed by atoms with E-state index in [1.54, 1.807) is 6.20 Å². The van der Waals surface area contributed by atoms with E-state index < -0.39 is 0 Å². The summed E-state index contributed by atoms with van der Waals surface area (Å²) < 4.78 is 4.32. The molecule has 0 radical (unpaired) electrons. The molecule has 102 valence electrons. The highest BCUT2D eigenvalue weighted by atomic mass is 15.4. The number of aryl methyl sites for hydroxylation is 2. The van der Waals surface area contributed by atoms with Gasteiger partial charge in [0.05, 0.1) is 6.20 Å². The first-order valence-corrected chi connectivity index (χ1v) is 7.04. The molecule has 0 saturated heterocycles. The van der Waals surface area contributed by atoms with Crippen LogP contribution in [0, 0.1) is 6.92 Å². The first-order chi connectivity index (χ1) is 9.25. The van der Waals surface area contributed by atoms with Crippen LogP contribution in [0.25, 0.3) is 0 Å². The van der Waals surface area contributed by atoms with Crippen LogP contribution in [-0.4, -0.2) is 19.6 Å². The molecule has 0 spiro atoms. The molecular weight excluding hydrogens is 238 g/mol. The van der Waals surface area contributed by atoms with Gasteiger partial charge >= 0.3 is 0 Å². The van der Waals surface area contributed by atoms with E-state index >= 15 is 0 Å². The third-order valence-corrected chi connectivity index (χ3v) is 4.02.